The Morgan fingerprint density at radius 2 is 1.85 bits per heavy atom. The van der Waals surface area contributed by atoms with Crippen LogP contribution in [0.2, 0.25) is 0 Å². The van der Waals surface area contributed by atoms with Crippen LogP contribution < -0.4 is 21.3 Å². The molecular weight excluding hydrogens is 430 g/mol. The Balaban J connectivity index is 1.42. The van der Waals surface area contributed by atoms with E-state index in [0.717, 1.165) is 57.8 Å². The van der Waals surface area contributed by atoms with Crippen molar-refractivity contribution in [2.45, 2.75) is 38.5 Å². The molecule has 0 atom stereocenters. The highest BCUT2D eigenvalue weighted by Crippen LogP contribution is 2.26. The van der Waals surface area contributed by atoms with Crippen molar-refractivity contribution >= 4 is 28.9 Å². The summed E-state index contributed by atoms with van der Waals surface area (Å²) in [6, 6.07) is 3.83. The number of anilines is 4. The zero-order chi connectivity index (χ0) is 23.6. The molecule has 2 saturated heterocycles. The molecule has 4 rings (SSSR count). The predicted octanol–water partition coefficient (Wildman–Crippen LogP) is 2.71. The lowest BCUT2D eigenvalue weighted by Gasteiger charge is -2.26. The van der Waals surface area contributed by atoms with Gasteiger partial charge < -0.3 is 26.2 Å². The van der Waals surface area contributed by atoms with Gasteiger partial charge in [-0.05, 0) is 57.8 Å². The number of nitrogens with one attached hydrogen (secondary N) is 4. The Kier molecular flexibility index (Phi) is 8.60. The van der Waals surface area contributed by atoms with Gasteiger partial charge in [0.05, 0.1) is 30.0 Å². The number of amides is 1. The molecule has 0 aliphatic carbocycles. The minimum atomic E-state index is -0.00374. The van der Waals surface area contributed by atoms with E-state index in [4.69, 9.17) is 5.26 Å². The normalized spacial score (nSPS) is 17.0. The SMILES string of the molecule is N#Cc1cnc(Nc2cc(NCC3CCNCC3)c(NC(=O)CCN3CCCCC3)cn2)cn1. The lowest BCUT2D eigenvalue weighted by Crippen LogP contribution is -2.32. The van der Waals surface area contributed by atoms with Crippen molar-refractivity contribution in [3.8, 4) is 6.07 Å². The second-order valence-corrected chi connectivity index (χ2v) is 8.91. The van der Waals surface area contributed by atoms with E-state index in [0.29, 0.717) is 29.7 Å². The lowest BCUT2D eigenvalue weighted by atomic mass is 9.98. The van der Waals surface area contributed by atoms with Crippen molar-refractivity contribution in [3.63, 3.8) is 0 Å². The van der Waals surface area contributed by atoms with Crippen LogP contribution in [-0.2, 0) is 4.79 Å². The zero-order valence-corrected chi connectivity index (χ0v) is 19.5. The Morgan fingerprint density at radius 3 is 2.59 bits per heavy atom. The number of carbonyl (C=O) groups is 1. The van der Waals surface area contributed by atoms with Crippen LogP contribution in [-0.4, -0.2) is 65.0 Å². The second kappa shape index (κ2) is 12.3. The lowest BCUT2D eigenvalue weighted by molar-refractivity contribution is -0.116. The van der Waals surface area contributed by atoms with Crippen LogP contribution in [0.1, 0.15) is 44.2 Å². The minimum Gasteiger partial charge on any atom is -0.383 e. The molecule has 180 valence electrons. The van der Waals surface area contributed by atoms with Gasteiger partial charge in [-0.15, -0.1) is 0 Å². The number of pyridine rings is 1. The molecule has 0 aromatic carbocycles. The number of likely N-dealkylation sites (tertiary alicyclic amines) is 1. The van der Waals surface area contributed by atoms with E-state index < -0.39 is 0 Å². The van der Waals surface area contributed by atoms with Crippen molar-refractivity contribution in [2.75, 3.05) is 55.2 Å². The summed E-state index contributed by atoms with van der Waals surface area (Å²) in [6.45, 7) is 5.85. The molecule has 2 fully saturated rings. The van der Waals surface area contributed by atoms with Crippen molar-refractivity contribution < 1.29 is 4.79 Å². The van der Waals surface area contributed by atoms with E-state index in [1.807, 2.05) is 12.1 Å². The zero-order valence-electron chi connectivity index (χ0n) is 19.5. The molecule has 0 unspecified atom stereocenters. The number of nitriles is 1. The topological polar surface area (TPSA) is 131 Å². The second-order valence-electron chi connectivity index (χ2n) is 8.91. The molecule has 0 bridgehead atoms. The Morgan fingerprint density at radius 1 is 1.06 bits per heavy atom. The summed E-state index contributed by atoms with van der Waals surface area (Å²) in [7, 11) is 0. The van der Waals surface area contributed by atoms with Gasteiger partial charge in [-0.2, -0.15) is 5.26 Å². The largest absolute Gasteiger partial charge is 0.383 e. The summed E-state index contributed by atoms with van der Waals surface area (Å²) >= 11 is 0. The summed E-state index contributed by atoms with van der Waals surface area (Å²) in [5, 5.41) is 22.0. The predicted molar refractivity (Wildman–Crippen MR) is 132 cm³/mol. The fourth-order valence-electron chi connectivity index (χ4n) is 4.35. The Labute approximate surface area is 200 Å². The van der Waals surface area contributed by atoms with Crippen molar-refractivity contribution in [3.05, 3.63) is 30.4 Å². The van der Waals surface area contributed by atoms with Gasteiger partial charge in [-0.3, -0.25) is 4.79 Å². The maximum atomic E-state index is 12.7. The van der Waals surface area contributed by atoms with E-state index in [9.17, 15) is 4.79 Å². The van der Waals surface area contributed by atoms with Crippen molar-refractivity contribution in [2.24, 2.45) is 5.92 Å². The van der Waals surface area contributed by atoms with E-state index in [1.165, 1.54) is 31.7 Å². The Bertz CT molecular complexity index is 977. The fraction of sp³-hybridized carbons (Fsp3) is 0.542. The molecule has 34 heavy (non-hydrogen) atoms. The summed E-state index contributed by atoms with van der Waals surface area (Å²) in [5.41, 5.74) is 1.75. The first-order valence-electron chi connectivity index (χ1n) is 12.2. The number of hydrogen-bond acceptors (Lipinski definition) is 9. The van der Waals surface area contributed by atoms with E-state index >= 15 is 0 Å². The monoisotopic (exact) mass is 463 g/mol. The molecule has 2 aromatic rings. The molecular formula is C24H33N9O. The molecule has 0 radical (unpaired) electrons. The van der Waals surface area contributed by atoms with Crippen molar-refractivity contribution in [1.82, 2.24) is 25.2 Å². The number of hydrogen-bond donors (Lipinski definition) is 4. The molecule has 4 heterocycles. The average molecular weight is 464 g/mol. The van der Waals surface area contributed by atoms with Gasteiger partial charge in [0.1, 0.15) is 17.7 Å². The first kappa shape index (κ1) is 23.9. The smallest absolute Gasteiger partial charge is 0.225 e. The number of carbonyl (C=O) groups excluding carboxylic acids is 1. The number of aromatic nitrogens is 3. The van der Waals surface area contributed by atoms with Crippen LogP contribution in [0, 0.1) is 17.2 Å². The van der Waals surface area contributed by atoms with Crippen LogP contribution in [0.3, 0.4) is 0 Å². The van der Waals surface area contributed by atoms with Crippen LogP contribution in [0.15, 0.2) is 24.7 Å². The van der Waals surface area contributed by atoms with Gasteiger partial charge in [0, 0.05) is 25.6 Å². The third kappa shape index (κ3) is 7.10. The first-order chi connectivity index (χ1) is 16.7. The molecule has 1 amide bonds. The molecule has 10 heteroatoms. The van der Waals surface area contributed by atoms with Gasteiger partial charge in [0.2, 0.25) is 5.91 Å². The summed E-state index contributed by atoms with van der Waals surface area (Å²) < 4.78 is 0. The number of rotatable bonds is 9. The van der Waals surface area contributed by atoms with Crippen LogP contribution in [0.4, 0.5) is 23.0 Å². The third-order valence-corrected chi connectivity index (χ3v) is 6.34. The van der Waals surface area contributed by atoms with Gasteiger partial charge in [0.15, 0.2) is 5.69 Å². The molecule has 10 nitrogen and oxygen atoms in total. The maximum Gasteiger partial charge on any atom is 0.225 e. The number of nitrogens with zero attached hydrogens (tertiary/aromatic N) is 5. The summed E-state index contributed by atoms with van der Waals surface area (Å²) in [6.07, 6.45) is 11.0. The molecule has 2 aliphatic rings. The first-order valence-corrected chi connectivity index (χ1v) is 12.2. The van der Waals surface area contributed by atoms with Gasteiger partial charge in [-0.1, -0.05) is 6.42 Å². The highest BCUT2D eigenvalue weighted by molar-refractivity contribution is 5.94. The van der Waals surface area contributed by atoms with E-state index in [1.54, 1.807) is 6.20 Å². The fourth-order valence-corrected chi connectivity index (χ4v) is 4.35. The molecule has 2 aliphatic heterocycles. The third-order valence-electron chi connectivity index (χ3n) is 6.34. The average Bonchev–Trinajstić information content (AvgIpc) is 2.89. The van der Waals surface area contributed by atoms with Gasteiger partial charge >= 0.3 is 0 Å². The maximum absolute atomic E-state index is 12.7. The standard InChI is InChI=1S/C24H33N9O/c25-13-19-15-29-23(17-27-19)32-22-12-20(28-14-18-4-7-26-8-5-18)21(16-30-22)31-24(34)6-11-33-9-2-1-3-10-33/h12,15-18,26H,1-11,14H2,(H,31,34)(H2,28,29,30,32). The highest BCUT2D eigenvalue weighted by Gasteiger charge is 2.16. The number of piperidine rings is 2. The van der Waals surface area contributed by atoms with Crippen LogP contribution >= 0.6 is 0 Å². The van der Waals surface area contributed by atoms with Gasteiger partial charge in [0.25, 0.3) is 0 Å². The quantitative estimate of drug-likeness (QED) is 0.443. The Hall–Kier alpha value is -3.29. The summed E-state index contributed by atoms with van der Waals surface area (Å²) in [4.78, 5) is 27.7. The van der Waals surface area contributed by atoms with Gasteiger partial charge in [-0.25, -0.2) is 15.0 Å². The highest BCUT2D eigenvalue weighted by atomic mass is 16.1. The van der Waals surface area contributed by atoms with Crippen molar-refractivity contribution in [1.29, 1.82) is 5.26 Å². The van der Waals surface area contributed by atoms with Crippen LogP contribution in [0.5, 0.6) is 0 Å². The van der Waals surface area contributed by atoms with Crippen LogP contribution in [0.25, 0.3) is 0 Å². The molecule has 0 saturated carbocycles. The minimum absolute atomic E-state index is 0.00374. The van der Waals surface area contributed by atoms with E-state index in [2.05, 4.69) is 41.1 Å². The van der Waals surface area contributed by atoms with E-state index in [-0.39, 0.29) is 11.6 Å². The molecule has 4 N–H and O–H groups in total. The summed E-state index contributed by atoms with van der Waals surface area (Å²) in [5.74, 6) is 1.65. The molecule has 2 aromatic heterocycles. The molecule has 0 spiro atoms.